The topological polar surface area (TPSA) is 66.2 Å². The van der Waals surface area contributed by atoms with E-state index < -0.39 is 14.0 Å². The maximum Gasteiger partial charge on any atom is 0.359 e. The summed E-state index contributed by atoms with van der Waals surface area (Å²) in [6.07, 6.45) is 3.83. The van der Waals surface area contributed by atoms with Gasteiger partial charge in [-0.05, 0) is 12.5 Å². The van der Waals surface area contributed by atoms with Crippen LogP contribution in [-0.2, 0) is 11.3 Å². The number of pyridine rings is 1. The summed E-state index contributed by atoms with van der Waals surface area (Å²) in [5, 5.41) is 5.07. The van der Waals surface area contributed by atoms with Crippen LogP contribution in [0.5, 0.6) is 5.75 Å². The van der Waals surface area contributed by atoms with Crippen LogP contribution in [-0.4, -0.2) is 43.0 Å². The Labute approximate surface area is 137 Å². The number of fused-ring (bicyclic) bond motifs is 1. The largest absolute Gasteiger partial charge is 0.495 e. The minimum atomic E-state index is -1.02. The van der Waals surface area contributed by atoms with Gasteiger partial charge < -0.3 is 9.47 Å². The van der Waals surface area contributed by atoms with Crippen LogP contribution in [0.4, 0.5) is 0 Å². The normalized spacial score (nSPS) is 11.7. The van der Waals surface area contributed by atoms with Gasteiger partial charge in [-0.3, -0.25) is 0 Å². The molecule has 0 aromatic carbocycles. The lowest BCUT2D eigenvalue weighted by Gasteiger charge is -2.14. The second kappa shape index (κ2) is 7.12. The second-order valence-electron chi connectivity index (χ2n) is 6.83. The number of hydrogen-bond donors (Lipinski definition) is 0. The monoisotopic (exact) mass is 335 g/mol. The number of esters is 1. The number of hydrogen-bond acceptors (Lipinski definition) is 5. The molecule has 6 nitrogen and oxygen atoms in total. The van der Waals surface area contributed by atoms with Crippen LogP contribution in [0.1, 0.15) is 23.3 Å². The van der Waals surface area contributed by atoms with Gasteiger partial charge in [-0.2, -0.15) is 5.10 Å². The zero-order valence-corrected chi connectivity index (χ0v) is 15.5. The Balaban J connectivity index is 2.24. The Morgan fingerprint density at radius 2 is 2.00 bits per heavy atom. The third-order valence-corrected chi connectivity index (χ3v) is 5.58. The van der Waals surface area contributed by atoms with Crippen molar-refractivity contribution in [1.82, 2.24) is 14.8 Å². The van der Waals surface area contributed by atoms with E-state index in [4.69, 9.17) is 9.47 Å². The standard InChI is InChI=1S/C16H25N3O3Si/c1-21-12-10-13-14(16(20)22-2)18-19(15(13)17-11-12)8-6-7-9-23(3,4)5/h10-11H,6-9H2,1-5H3. The highest BCUT2D eigenvalue weighted by molar-refractivity contribution is 6.76. The minimum Gasteiger partial charge on any atom is -0.495 e. The molecule has 0 spiro atoms. The van der Waals surface area contributed by atoms with E-state index in [2.05, 4.69) is 29.7 Å². The Morgan fingerprint density at radius 1 is 1.26 bits per heavy atom. The Bertz CT molecular complexity index is 692. The van der Waals surface area contributed by atoms with Gasteiger partial charge in [0, 0.05) is 14.6 Å². The van der Waals surface area contributed by atoms with Crippen molar-refractivity contribution in [2.75, 3.05) is 14.2 Å². The van der Waals surface area contributed by atoms with E-state index in [9.17, 15) is 4.79 Å². The van der Waals surface area contributed by atoms with E-state index in [0.29, 0.717) is 22.5 Å². The molecule has 2 aromatic rings. The molecule has 0 aliphatic carbocycles. The molecule has 0 unspecified atom stereocenters. The van der Waals surface area contributed by atoms with Crippen molar-refractivity contribution in [2.45, 2.75) is 45.1 Å². The highest BCUT2D eigenvalue weighted by atomic mass is 28.3. The van der Waals surface area contributed by atoms with Gasteiger partial charge in [0.25, 0.3) is 0 Å². The smallest absolute Gasteiger partial charge is 0.359 e. The number of ether oxygens (including phenoxy) is 2. The van der Waals surface area contributed by atoms with Gasteiger partial charge in [0.15, 0.2) is 11.3 Å². The Kier molecular flexibility index (Phi) is 5.41. The maximum atomic E-state index is 11.9. The van der Waals surface area contributed by atoms with Crippen molar-refractivity contribution in [3.63, 3.8) is 0 Å². The molecule has 7 heteroatoms. The summed E-state index contributed by atoms with van der Waals surface area (Å²) < 4.78 is 11.8. The average molecular weight is 335 g/mol. The molecule has 2 aromatic heterocycles. The van der Waals surface area contributed by atoms with E-state index in [0.717, 1.165) is 13.0 Å². The molecule has 0 saturated heterocycles. The number of rotatable bonds is 7. The molecule has 2 heterocycles. The van der Waals surface area contributed by atoms with Crippen LogP contribution < -0.4 is 4.74 Å². The first kappa shape index (κ1) is 17.5. The van der Waals surface area contributed by atoms with E-state index in [1.54, 1.807) is 24.1 Å². The fourth-order valence-electron chi connectivity index (χ4n) is 2.47. The molecular weight excluding hydrogens is 310 g/mol. The van der Waals surface area contributed by atoms with Gasteiger partial charge >= 0.3 is 5.97 Å². The summed E-state index contributed by atoms with van der Waals surface area (Å²) in [5.41, 5.74) is 0.985. The summed E-state index contributed by atoms with van der Waals surface area (Å²) >= 11 is 0. The van der Waals surface area contributed by atoms with Crippen LogP contribution in [0.3, 0.4) is 0 Å². The molecular formula is C16H25N3O3Si. The van der Waals surface area contributed by atoms with Gasteiger partial charge in [0.2, 0.25) is 0 Å². The molecule has 0 saturated carbocycles. The van der Waals surface area contributed by atoms with E-state index in [-0.39, 0.29) is 0 Å². The van der Waals surface area contributed by atoms with Gasteiger partial charge in [0.1, 0.15) is 5.75 Å². The second-order valence-corrected chi connectivity index (χ2v) is 12.4. The first-order chi connectivity index (χ1) is 10.9. The van der Waals surface area contributed by atoms with E-state index in [1.165, 1.54) is 19.6 Å². The van der Waals surface area contributed by atoms with Gasteiger partial charge in [0.05, 0.1) is 25.8 Å². The summed E-state index contributed by atoms with van der Waals surface area (Å²) in [7, 11) is 1.91. The SMILES string of the molecule is COC(=O)c1nn(CCCC[Si](C)(C)C)c2ncc(OC)cc12. The van der Waals surface area contributed by atoms with E-state index >= 15 is 0 Å². The van der Waals surface area contributed by atoms with Crippen molar-refractivity contribution >= 4 is 25.1 Å². The lowest BCUT2D eigenvalue weighted by Crippen LogP contribution is -2.19. The van der Waals surface area contributed by atoms with Gasteiger partial charge in [-0.1, -0.05) is 32.1 Å². The molecule has 0 fully saturated rings. The zero-order chi connectivity index (χ0) is 17.0. The summed E-state index contributed by atoms with van der Waals surface area (Å²) in [4.78, 5) is 16.3. The molecule has 0 bridgehead atoms. The lowest BCUT2D eigenvalue weighted by atomic mass is 10.2. The zero-order valence-electron chi connectivity index (χ0n) is 14.5. The van der Waals surface area contributed by atoms with Crippen LogP contribution in [0.2, 0.25) is 25.7 Å². The summed E-state index contributed by atoms with van der Waals surface area (Å²) in [6, 6.07) is 3.07. The molecule has 0 atom stereocenters. The fraction of sp³-hybridized carbons (Fsp3) is 0.562. The summed E-state index contributed by atoms with van der Waals surface area (Å²) in [6.45, 7) is 7.87. The molecule has 0 aliphatic heterocycles. The van der Waals surface area contributed by atoms with Crippen molar-refractivity contribution in [3.05, 3.63) is 18.0 Å². The number of carbonyl (C=O) groups excluding carboxylic acids is 1. The number of methoxy groups -OCH3 is 2. The number of aryl methyl sites for hydroxylation is 1. The van der Waals surface area contributed by atoms with Crippen molar-refractivity contribution < 1.29 is 14.3 Å². The molecule has 0 aliphatic rings. The lowest BCUT2D eigenvalue weighted by molar-refractivity contribution is 0.0595. The third kappa shape index (κ3) is 4.31. The molecule has 2 rings (SSSR count). The highest BCUT2D eigenvalue weighted by Crippen LogP contribution is 2.23. The average Bonchev–Trinajstić information content (AvgIpc) is 2.87. The maximum absolute atomic E-state index is 11.9. The Morgan fingerprint density at radius 3 is 2.61 bits per heavy atom. The first-order valence-corrected chi connectivity index (χ1v) is 11.6. The van der Waals surface area contributed by atoms with Crippen molar-refractivity contribution in [2.24, 2.45) is 0 Å². The van der Waals surface area contributed by atoms with Crippen LogP contribution >= 0.6 is 0 Å². The number of carbonyl (C=O) groups is 1. The fourth-order valence-corrected chi connectivity index (χ4v) is 3.78. The minimum absolute atomic E-state index is 0.291. The predicted molar refractivity (Wildman–Crippen MR) is 92.8 cm³/mol. The van der Waals surface area contributed by atoms with Crippen LogP contribution in [0, 0.1) is 0 Å². The molecule has 23 heavy (non-hydrogen) atoms. The molecule has 0 N–H and O–H groups in total. The molecule has 0 amide bonds. The van der Waals surface area contributed by atoms with Crippen LogP contribution in [0.25, 0.3) is 11.0 Å². The third-order valence-electron chi connectivity index (χ3n) is 3.72. The molecule has 0 radical (unpaired) electrons. The number of unbranched alkanes of at least 4 members (excludes halogenated alkanes) is 1. The quantitative estimate of drug-likeness (QED) is 0.441. The van der Waals surface area contributed by atoms with Gasteiger partial charge in [-0.25, -0.2) is 14.5 Å². The first-order valence-electron chi connectivity index (χ1n) is 7.84. The highest BCUT2D eigenvalue weighted by Gasteiger charge is 2.19. The predicted octanol–water partition coefficient (Wildman–Crippen LogP) is 3.34. The van der Waals surface area contributed by atoms with Crippen LogP contribution in [0.15, 0.2) is 12.3 Å². The van der Waals surface area contributed by atoms with Gasteiger partial charge in [-0.15, -0.1) is 0 Å². The molecule has 126 valence electrons. The Hall–Kier alpha value is -1.89. The van der Waals surface area contributed by atoms with E-state index in [1.807, 2.05) is 0 Å². The van der Waals surface area contributed by atoms with Crippen molar-refractivity contribution in [1.29, 1.82) is 0 Å². The van der Waals surface area contributed by atoms with Crippen molar-refractivity contribution in [3.8, 4) is 5.75 Å². The summed E-state index contributed by atoms with van der Waals surface area (Å²) in [5.74, 6) is 0.145. The number of nitrogens with zero attached hydrogens (tertiary/aromatic N) is 3. The number of aromatic nitrogens is 3.